The van der Waals surface area contributed by atoms with Gasteiger partial charge in [-0.05, 0) is 30.7 Å². The van der Waals surface area contributed by atoms with Gasteiger partial charge in [-0.3, -0.25) is 0 Å². The largest absolute Gasteiger partial charge is 0.330 e. The summed E-state index contributed by atoms with van der Waals surface area (Å²) in [6.07, 6.45) is 2.54. The van der Waals surface area contributed by atoms with Crippen molar-refractivity contribution < 1.29 is 0 Å². The first-order valence-corrected chi connectivity index (χ1v) is 5.85. The Morgan fingerprint density at radius 3 is 2.83 bits per heavy atom. The van der Waals surface area contributed by atoms with Crippen LogP contribution in [-0.4, -0.2) is 26.4 Å². The van der Waals surface area contributed by atoms with Crippen molar-refractivity contribution in [1.29, 1.82) is 0 Å². The van der Waals surface area contributed by atoms with Crippen molar-refractivity contribution in [3.63, 3.8) is 0 Å². The van der Waals surface area contributed by atoms with Gasteiger partial charge in [-0.25, -0.2) is 0 Å². The van der Waals surface area contributed by atoms with E-state index in [0.717, 1.165) is 23.5 Å². The summed E-state index contributed by atoms with van der Waals surface area (Å²) in [5, 5.41) is 12.6. The van der Waals surface area contributed by atoms with Gasteiger partial charge in [-0.1, -0.05) is 24.3 Å². The number of aromatic nitrogens is 4. The van der Waals surface area contributed by atoms with Crippen LogP contribution in [0.1, 0.15) is 5.56 Å². The first-order valence-electron chi connectivity index (χ1n) is 5.85. The second-order valence-electron chi connectivity index (χ2n) is 4.01. The van der Waals surface area contributed by atoms with E-state index in [-0.39, 0.29) is 0 Å². The van der Waals surface area contributed by atoms with E-state index in [1.54, 1.807) is 10.7 Å². The number of benzene rings is 1. The molecule has 2 N–H and O–H groups in total. The fourth-order valence-corrected chi connectivity index (χ4v) is 2.02. The number of hydrogen-bond acceptors (Lipinski definition) is 4. The first kappa shape index (κ1) is 10.9. The molecule has 0 aliphatic rings. The van der Waals surface area contributed by atoms with E-state index in [1.165, 1.54) is 5.56 Å². The Kier molecular flexibility index (Phi) is 2.74. The molecule has 1 aromatic carbocycles. The third kappa shape index (κ3) is 1.74. The maximum absolute atomic E-state index is 5.64. The van der Waals surface area contributed by atoms with Crippen molar-refractivity contribution in [3.8, 4) is 11.4 Å². The lowest BCUT2D eigenvalue weighted by molar-refractivity contribution is 0.923. The van der Waals surface area contributed by atoms with Crippen LogP contribution < -0.4 is 5.73 Å². The van der Waals surface area contributed by atoms with E-state index in [4.69, 9.17) is 5.73 Å². The van der Waals surface area contributed by atoms with Crippen molar-refractivity contribution in [3.05, 3.63) is 48.2 Å². The van der Waals surface area contributed by atoms with Crippen LogP contribution in [0.5, 0.6) is 0 Å². The van der Waals surface area contributed by atoms with Crippen LogP contribution in [0.2, 0.25) is 0 Å². The van der Waals surface area contributed by atoms with Crippen LogP contribution in [0.3, 0.4) is 0 Å². The zero-order valence-electron chi connectivity index (χ0n) is 9.82. The van der Waals surface area contributed by atoms with Gasteiger partial charge in [0.15, 0.2) is 11.5 Å². The minimum absolute atomic E-state index is 0.612. The van der Waals surface area contributed by atoms with E-state index in [1.807, 2.05) is 30.3 Å². The molecule has 2 aromatic heterocycles. The van der Waals surface area contributed by atoms with Gasteiger partial charge >= 0.3 is 0 Å². The second kappa shape index (κ2) is 4.54. The van der Waals surface area contributed by atoms with Gasteiger partial charge in [0, 0.05) is 11.8 Å². The zero-order valence-corrected chi connectivity index (χ0v) is 9.82. The fraction of sp³-hybridized carbons (Fsp3) is 0.154. The number of nitrogens with zero attached hydrogens (tertiary/aromatic N) is 4. The smallest absolute Gasteiger partial charge is 0.185 e. The molecule has 0 amide bonds. The molecule has 0 saturated carbocycles. The van der Waals surface area contributed by atoms with Crippen LogP contribution in [-0.2, 0) is 6.42 Å². The minimum atomic E-state index is 0.612. The molecule has 0 atom stereocenters. The highest BCUT2D eigenvalue weighted by molar-refractivity contribution is 5.62. The van der Waals surface area contributed by atoms with E-state index in [9.17, 15) is 0 Å². The number of nitrogens with two attached hydrogens (primary N) is 1. The van der Waals surface area contributed by atoms with E-state index in [2.05, 4.69) is 21.4 Å². The summed E-state index contributed by atoms with van der Waals surface area (Å²) in [5.41, 5.74) is 8.59. The van der Waals surface area contributed by atoms with Gasteiger partial charge in [0.1, 0.15) is 0 Å². The summed E-state index contributed by atoms with van der Waals surface area (Å²) in [7, 11) is 0. The maximum Gasteiger partial charge on any atom is 0.185 e. The Bertz CT molecular complexity index is 674. The Balaban J connectivity index is 2.20. The van der Waals surface area contributed by atoms with Crippen molar-refractivity contribution >= 4 is 5.65 Å². The predicted octanol–water partition coefficient (Wildman–Crippen LogP) is 1.29. The highest BCUT2D eigenvalue weighted by atomic mass is 15.4. The highest BCUT2D eigenvalue weighted by Crippen LogP contribution is 2.21. The number of fused-ring (bicyclic) bond motifs is 1. The topological polar surface area (TPSA) is 69.1 Å². The molecule has 5 nitrogen and oxygen atoms in total. The monoisotopic (exact) mass is 239 g/mol. The van der Waals surface area contributed by atoms with Gasteiger partial charge in [0.25, 0.3) is 0 Å². The van der Waals surface area contributed by atoms with Gasteiger partial charge in [-0.2, -0.15) is 9.61 Å². The SMILES string of the molecule is NCCc1ccccc1-c1nnc2cccnn12. The van der Waals surface area contributed by atoms with Crippen LogP contribution >= 0.6 is 0 Å². The van der Waals surface area contributed by atoms with Crippen LogP contribution in [0.25, 0.3) is 17.0 Å². The number of hydrogen-bond donors (Lipinski definition) is 1. The fourth-order valence-electron chi connectivity index (χ4n) is 2.02. The Morgan fingerprint density at radius 1 is 1.06 bits per heavy atom. The minimum Gasteiger partial charge on any atom is -0.330 e. The van der Waals surface area contributed by atoms with E-state index < -0.39 is 0 Å². The molecule has 0 fully saturated rings. The molecule has 3 rings (SSSR count). The lowest BCUT2D eigenvalue weighted by Gasteiger charge is -2.06. The van der Waals surface area contributed by atoms with Crippen LogP contribution in [0, 0.1) is 0 Å². The van der Waals surface area contributed by atoms with Crippen LogP contribution in [0.15, 0.2) is 42.6 Å². The van der Waals surface area contributed by atoms with Crippen molar-refractivity contribution in [2.45, 2.75) is 6.42 Å². The summed E-state index contributed by atoms with van der Waals surface area (Å²) in [5.74, 6) is 0.759. The first-order chi connectivity index (χ1) is 8.90. The molecule has 3 aromatic rings. The molecule has 90 valence electrons. The molecule has 0 aliphatic carbocycles. The average molecular weight is 239 g/mol. The van der Waals surface area contributed by atoms with Gasteiger partial charge in [0.2, 0.25) is 0 Å². The van der Waals surface area contributed by atoms with Gasteiger partial charge in [-0.15, -0.1) is 10.2 Å². The summed E-state index contributed by atoms with van der Waals surface area (Å²) in [4.78, 5) is 0. The van der Waals surface area contributed by atoms with Crippen molar-refractivity contribution in [2.24, 2.45) is 5.73 Å². The third-order valence-corrected chi connectivity index (χ3v) is 2.85. The van der Waals surface area contributed by atoms with Gasteiger partial charge < -0.3 is 5.73 Å². The molecular weight excluding hydrogens is 226 g/mol. The second-order valence-corrected chi connectivity index (χ2v) is 4.01. The zero-order chi connectivity index (χ0) is 12.4. The van der Waals surface area contributed by atoms with Crippen molar-refractivity contribution in [2.75, 3.05) is 6.54 Å². The molecule has 0 saturated heterocycles. The molecule has 18 heavy (non-hydrogen) atoms. The lowest BCUT2D eigenvalue weighted by atomic mass is 10.0. The standard InChI is InChI=1S/C13H13N5/c14-8-7-10-4-1-2-5-11(10)13-17-16-12-6-3-9-15-18(12)13/h1-6,9H,7-8,14H2. The van der Waals surface area contributed by atoms with Gasteiger partial charge in [0.05, 0.1) is 0 Å². The Morgan fingerprint density at radius 2 is 1.94 bits per heavy atom. The molecule has 0 radical (unpaired) electrons. The average Bonchev–Trinajstić information content (AvgIpc) is 2.84. The predicted molar refractivity (Wildman–Crippen MR) is 69.0 cm³/mol. The molecule has 0 unspecified atom stereocenters. The summed E-state index contributed by atoms with van der Waals surface area (Å²) < 4.78 is 1.75. The molecule has 0 aliphatic heterocycles. The quantitative estimate of drug-likeness (QED) is 0.747. The van der Waals surface area contributed by atoms with Crippen molar-refractivity contribution in [1.82, 2.24) is 19.8 Å². The number of rotatable bonds is 3. The highest BCUT2D eigenvalue weighted by Gasteiger charge is 2.11. The molecule has 0 spiro atoms. The maximum atomic E-state index is 5.64. The molecular formula is C13H13N5. The lowest BCUT2D eigenvalue weighted by Crippen LogP contribution is -2.05. The van der Waals surface area contributed by atoms with Crippen LogP contribution in [0.4, 0.5) is 0 Å². The van der Waals surface area contributed by atoms with E-state index in [0.29, 0.717) is 6.54 Å². The van der Waals surface area contributed by atoms with E-state index >= 15 is 0 Å². The third-order valence-electron chi connectivity index (χ3n) is 2.85. The normalized spacial score (nSPS) is 10.9. The molecule has 2 heterocycles. The summed E-state index contributed by atoms with van der Waals surface area (Å²) in [6, 6.07) is 11.8. The molecule has 0 bridgehead atoms. The summed E-state index contributed by atoms with van der Waals surface area (Å²) >= 11 is 0. The Labute approximate surface area is 104 Å². The summed E-state index contributed by atoms with van der Waals surface area (Å²) in [6.45, 7) is 0.612. The molecule has 5 heteroatoms. The Hall–Kier alpha value is -2.27.